The molecule has 2 fully saturated rings. The number of pyridine rings is 1. The van der Waals surface area contributed by atoms with Gasteiger partial charge in [-0.25, -0.2) is 0 Å². The number of ether oxygens (including phenoxy) is 2. The van der Waals surface area contributed by atoms with E-state index in [4.69, 9.17) is 9.47 Å². The fraction of sp³-hybridized carbons (Fsp3) is 0.706. The van der Waals surface area contributed by atoms with Crippen molar-refractivity contribution in [1.29, 1.82) is 0 Å². The van der Waals surface area contributed by atoms with E-state index in [0.29, 0.717) is 12.0 Å². The molecule has 0 bridgehead atoms. The standard InChI is InChI=1S/C17H26N2O2/c1-2-7-19-16(15-4-3-8-18-12-15)14-5-9-21-17(11-14)6-10-20-13-17/h3-4,8,12,14,16,19H,2,5-7,9-11,13H2,1H3. The number of rotatable bonds is 5. The summed E-state index contributed by atoms with van der Waals surface area (Å²) in [6, 6.07) is 4.59. The molecule has 3 atom stereocenters. The van der Waals surface area contributed by atoms with Gasteiger partial charge in [0.1, 0.15) is 0 Å². The average Bonchev–Trinajstić information content (AvgIpc) is 2.97. The molecule has 2 aliphatic rings. The quantitative estimate of drug-likeness (QED) is 0.905. The molecular weight excluding hydrogens is 264 g/mol. The second kappa shape index (κ2) is 6.86. The maximum Gasteiger partial charge on any atom is 0.0940 e. The summed E-state index contributed by atoms with van der Waals surface area (Å²) in [4.78, 5) is 4.30. The van der Waals surface area contributed by atoms with E-state index in [-0.39, 0.29) is 5.60 Å². The van der Waals surface area contributed by atoms with Crippen molar-refractivity contribution >= 4 is 0 Å². The molecule has 2 aliphatic heterocycles. The highest BCUT2D eigenvalue weighted by Gasteiger charge is 2.43. The normalized spacial score (nSPS) is 30.6. The number of hydrogen-bond acceptors (Lipinski definition) is 4. The zero-order valence-corrected chi connectivity index (χ0v) is 12.9. The highest BCUT2D eigenvalue weighted by Crippen LogP contribution is 2.40. The van der Waals surface area contributed by atoms with Gasteiger partial charge in [0.2, 0.25) is 0 Å². The van der Waals surface area contributed by atoms with Crippen molar-refractivity contribution in [3.63, 3.8) is 0 Å². The molecule has 21 heavy (non-hydrogen) atoms. The number of hydrogen-bond donors (Lipinski definition) is 1. The summed E-state index contributed by atoms with van der Waals surface area (Å²) < 4.78 is 11.7. The van der Waals surface area contributed by atoms with E-state index in [1.165, 1.54) is 5.56 Å². The lowest BCUT2D eigenvalue weighted by Gasteiger charge is -2.40. The monoisotopic (exact) mass is 290 g/mol. The first-order valence-corrected chi connectivity index (χ1v) is 8.18. The van der Waals surface area contributed by atoms with Gasteiger partial charge in [0, 0.05) is 38.1 Å². The van der Waals surface area contributed by atoms with Gasteiger partial charge in [-0.05, 0) is 43.4 Å². The fourth-order valence-electron chi connectivity index (χ4n) is 3.63. The maximum atomic E-state index is 6.08. The van der Waals surface area contributed by atoms with Crippen molar-refractivity contribution in [2.75, 3.05) is 26.4 Å². The average molecular weight is 290 g/mol. The Kier molecular flexibility index (Phi) is 4.88. The summed E-state index contributed by atoms with van der Waals surface area (Å²) >= 11 is 0. The van der Waals surface area contributed by atoms with E-state index in [1.807, 2.05) is 18.5 Å². The Morgan fingerprint density at radius 1 is 1.48 bits per heavy atom. The Balaban J connectivity index is 1.75. The van der Waals surface area contributed by atoms with E-state index in [0.717, 1.165) is 52.0 Å². The van der Waals surface area contributed by atoms with E-state index in [1.54, 1.807) is 0 Å². The first kappa shape index (κ1) is 14.9. The number of nitrogens with zero attached hydrogens (tertiary/aromatic N) is 1. The second-order valence-corrected chi connectivity index (χ2v) is 6.31. The molecule has 116 valence electrons. The van der Waals surface area contributed by atoms with Crippen LogP contribution in [0.4, 0.5) is 0 Å². The Bertz CT molecular complexity index is 432. The van der Waals surface area contributed by atoms with Gasteiger partial charge in [-0.15, -0.1) is 0 Å². The van der Waals surface area contributed by atoms with Gasteiger partial charge < -0.3 is 14.8 Å². The van der Waals surface area contributed by atoms with Gasteiger partial charge in [-0.3, -0.25) is 4.98 Å². The smallest absolute Gasteiger partial charge is 0.0940 e. The van der Waals surface area contributed by atoms with Gasteiger partial charge in [-0.2, -0.15) is 0 Å². The van der Waals surface area contributed by atoms with Gasteiger partial charge in [0.15, 0.2) is 0 Å². The van der Waals surface area contributed by atoms with Crippen LogP contribution in [-0.4, -0.2) is 37.0 Å². The molecule has 4 heteroatoms. The minimum absolute atomic E-state index is 0.0305. The molecule has 2 saturated heterocycles. The zero-order valence-electron chi connectivity index (χ0n) is 12.9. The Hall–Kier alpha value is -0.970. The topological polar surface area (TPSA) is 43.4 Å². The third-order valence-corrected chi connectivity index (χ3v) is 4.73. The maximum absolute atomic E-state index is 6.08. The summed E-state index contributed by atoms with van der Waals surface area (Å²) in [7, 11) is 0. The van der Waals surface area contributed by atoms with Crippen molar-refractivity contribution in [1.82, 2.24) is 10.3 Å². The van der Waals surface area contributed by atoms with Gasteiger partial charge in [0.25, 0.3) is 0 Å². The minimum Gasteiger partial charge on any atom is -0.378 e. The van der Waals surface area contributed by atoms with E-state index in [2.05, 4.69) is 23.3 Å². The highest BCUT2D eigenvalue weighted by atomic mass is 16.6. The molecule has 0 aromatic carbocycles. The molecule has 1 aromatic rings. The van der Waals surface area contributed by atoms with Crippen LogP contribution in [0, 0.1) is 5.92 Å². The number of aromatic nitrogens is 1. The molecule has 0 radical (unpaired) electrons. The lowest BCUT2D eigenvalue weighted by atomic mass is 9.79. The van der Waals surface area contributed by atoms with Crippen molar-refractivity contribution in [2.24, 2.45) is 5.92 Å². The van der Waals surface area contributed by atoms with Gasteiger partial charge in [-0.1, -0.05) is 13.0 Å². The highest BCUT2D eigenvalue weighted by molar-refractivity contribution is 5.16. The second-order valence-electron chi connectivity index (χ2n) is 6.31. The lowest BCUT2D eigenvalue weighted by Crippen LogP contribution is -2.44. The third kappa shape index (κ3) is 3.44. The van der Waals surface area contributed by atoms with Crippen LogP contribution in [0.5, 0.6) is 0 Å². The van der Waals surface area contributed by atoms with Crippen molar-refractivity contribution in [3.05, 3.63) is 30.1 Å². The Morgan fingerprint density at radius 3 is 3.14 bits per heavy atom. The molecule has 0 saturated carbocycles. The molecule has 1 aromatic heterocycles. The van der Waals surface area contributed by atoms with Crippen LogP contribution in [0.2, 0.25) is 0 Å². The van der Waals surface area contributed by atoms with Crippen LogP contribution in [0.1, 0.15) is 44.2 Å². The molecule has 0 amide bonds. The third-order valence-electron chi connectivity index (χ3n) is 4.73. The van der Waals surface area contributed by atoms with Crippen LogP contribution in [0.3, 0.4) is 0 Å². The summed E-state index contributed by atoms with van der Waals surface area (Å²) in [5.74, 6) is 0.594. The minimum atomic E-state index is -0.0305. The van der Waals surface area contributed by atoms with Crippen molar-refractivity contribution < 1.29 is 9.47 Å². The first-order chi connectivity index (χ1) is 10.3. The predicted octanol–water partition coefficient (Wildman–Crippen LogP) is 2.71. The van der Waals surface area contributed by atoms with E-state index < -0.39 is 0 Å². The van der Waals surface area contributed by atoms with Crippen LogP contribution < -0.4 is 5.32 Å². The summed E-state index contributed by atoms with van der Waals surface area (Å²) in [6.45, 7) is 5.70. The molecule has 1 N–H and O–H groups in total. The van der Waals surface area contributed by atoms with E-state index >= 15 is 0 Å². The van der Waals surface area contributed by atoms with Gasteiger partial charge >= 0.3 is 0 Å². The lowest BCUT2D eigenvalue weighted by molar-refractivity contribution is -0.103. The van der Waals surface area contributed by atoms with Crippen LogP contribution in [0.25, 0.3) is 0 Å². The number of nitrogens with one attached hydrogen (secondary N) is 1. The van der Waals surface area contributed by atoms with Crippen LogP contribution in [0.15, 0.2) is 24.5 Å². The van der Waals surface area contributed by atoms with Crippen LogP contribution >= 0.6 is 0 Å². The van der Waals surface area contributed by atoms with Crippen LogP contribution in [-0.2, 0) is 9.47 Å². The van der Waals surface area contributed by atoms with Gasteiger partial charge in [0.05, 0.1) is 12.2 Å². The summed E-state index contributed by atoms with van der Waals surface area (Å²) in [5, 5.41) is 3.73. The molecule has 3 heterocycles. The van der Waals surface area contributed by atoms with E-state index in [9.17, 15) is 0 Å². The fourth-order valence-corrected chi connectivity index (χ4v) is 3.63. The summed E-state index contributed by atoms with van der Waals surface area (Å²) in [5.41, 5.74) is 1.27. The molecule has 3 rings (SSSR count). The molecular formula is C17H26N2O2. The molecule has 1 spiro atoms. The van der Waals surface area contributed by atoms with Crippen molar-refractivity contribution in [2.45, 2.75) is 44.2 Å². The molecule has 4 nitrogen and oxygen atoms in total. The Morgan fingerprint density at radius 2 is 2.43 bits per heavy atom. The SMILES string of the molecule is CCCNC(c1cccnc1)C1CCOC2(CCOC2)C1. The van der Waals surface area contributed by atoms with Crippen molar-refractivity contribution in [3.8, 4) is 0 Å². The molecule has 3 unspecified atom stereocenters. The summed E-state index contributed by atoms with van der Waals surface area (Å²) in [6.07, 6.45) is 8.23. The Labute approximate surface area is 127 Å². The first-order valence-electron chi connectivity index (χ1n) is 8.18. The largest absolute Gasteiger partial charge is 0.378 e. The molecule has 0 aliphatic carbocycles. The predicted molar refractivity (Wildman–Crippen MR) is 82.1 cm³/mol. The zero-order chi connectivity index (χ0) is 14.5.